The highest BCUT2D eigenvalue weighted by molar-refractivity contribution is 5.82. The summed E-state index contributed by atoms with van der Waals surface area (Å²) in [5.41, 5.74) is 2.20. The number of nitrogens with one attached hydrogen (secondary N) is 3. The topological polar surface area (TPSA) is 119 Å². The molecule has 0 spiro atoms. The molecular formula is C23H23F5N8O. The fourth-order valence-corrected chi connectivity index (χ4v) is 5.20. The summed E-state index contributed by atoms with van der Waals surface area (Å²) in [7, 11) is 0. The lowest BCUT2D eigenvalue weighted by Gasteiger charge is -2.47. The lowest BCUT2D eigenvalue weighted by molar-refractivity contribution is -0.141. The summed E-state index contributed by atoms with van der Waals surface area (Å²) >= 11 is 0. The normalized spacial score (nSPS) is 30.8. The number of hydrogen-bond acceptors (Lipinski definition) is 8. The van der Waals surface area contributed by atoms with E-state index in [1.807, 2.05) is 0 Å². The molecule has 2 aromatic rings. The second kappa shape index (κ2) is 9.55. The fraction of sp³-hybridized carbons (Fsp3) is 0.522. The molecule has 1 aliphatic carbocycles. The highest BCUT2D eigenvalue weighted by Gasteiger charge is 2.54. The van der Waals surface area contributed by atoms with Crippen LogP contribution in [0.2, 0.25) is 0 Å². The Labute approximate surface area is 208 Å². The minimum atomic E-state index is -4.57. The number of alkyl halides is 5. The maximum atomic E-state index is 13.1. The van der Waals surface area contributed by atoms with E-state index >= 15 is 0 Å². The number of pyridine rings is 1. The molecule has 3 N–H and O–H groups in total. The summed E-state index contributed by atoms with van der Waals surface area (Å²) in [5.74, 6) is -0.973. The molecule has 0 aromatic carbocycles. The van der Waals surface area contributed by atoms with Crippen LogP contribution in [-0.2, 0) is 11.0 Å². The molecule has 2 aromatic heterocycles. The summed E-state index contributed by atoms with van der Waals surface area (Å²) < 4.78 is 64.5. The molecule has 9 nitrogen and oxygen atoms in total. The van der Waals surface area contributed by atoms with Crippen LogP contribution >= 0.6 is 0 Å². The quantitative estimate of drug-likeness (QED) is 0.513. The number of nitriles is 1. The Hall–Kier alpha value is -3.28. The van der Waals surface area contributed by atoms with E-state index in [9.17, 15) is 32.0 Å². The van der Waals surface area contributed by atoms with E-state index in [4.69, 9.17) is 0 Å². The summed E-state index contributed by atoms with van der Waals surface area (Å²) in [6, 6.07) is 2.91. The van der Waals surface area contributed by atoms with Crippen LogP contribution in [0.25, 0.3) is 0 Å². The van der Waals surface area contributed by atoms with Gasteiger partial charge in [-0.25, -0.2) is 29.2 Å². The lowest BCUT2D eigenvalue weighted by Crippen LogP contribution is -2.68. The van der Waals surface area contributed by atoms with Crippen molar-refractivity contribution in [3.8, 4) is 6.07 Å². The molecule has 7 atom stereocenters. The first-order valence-corrected chi connectivity index (χ1v) is 11.7. The summed E-state index contributed by atoms with van der Waals surface area (Å²) in [5, 5.41) is 17.6. The van der Waals surface area contributed by atoms with Crippen LogP contribution in [0.5, 0.6) is 0 Å². The molecule has 1 amide bonds. The van der Waals surface area contributed by atoms with Crippen LogP contribution in [-0.4, -0.2) is 44.2 Å². The number of rotatable bonds is 5. The standard InChI is InChI=1S/C23H23F5N8O/c1-10(11-2-5-16(30-7-11)23(26,27)28)36-21-17(15(6-29)35-36)22(37)34-20(33-21)14-4-3-13(14)19-31-8-12(9-32-19)18(24)25/h2,5,7-10,13-15,17-18,20-21,33,35H,3-4H2,1H3,(H,34,37)/t10-,13?,14?,15?,17?,20?,21?/m0/s1. The summed E-state index contributed by atoms with van der Waals surface area (Å²) in [6.07, 6.45) is -3.59. The first kappa shape index (κ1) is 25.4. The van der Waals surface area contributed by atoms with Gasteiger partial charge in [-0.1, -0.05) is 6.07 Å². The highest BCUT2D eigenvalue weighted by Crippen LogP contribution is 2.44. The molecule has 2 saturated heterocycles. The van der Waals surface area contributed by atoms with Gasteiger partial charge in [0, 0.05) is 36.5 Å². The van der Waals surface area contributed by atoms with Gasteiger partial charge in [-0.3, -0.25) is 15.1 Å². The van der Waals surface area contributed by atoms with E-state index < -0.39 is 48.6 Å². The third-order valence-electron chi connectivity index (χ3n) is 7.38. The number of carbonyl (C=O) groups excluding carboxylic acids is 1. The van der Waals surface area contributed by atoms with Crippen LogP contribution in [0.15, 0.2) is 30.7 Å². The van der Waals surface area contributed by atoms with Crippen LogP contribution < -0.4 is 16.1 Å². The fourth-order valence-electron chi connectivity index (χ4n) is 5.20. The molecule has 1 saturated carbocycles. The van der Waals surface area contributed by atoms with Crippen LogP contribution in [0, 0.1) is 23.2 Å². The van der Waals surface area contributed by atoms with Gasteiger partial charge >= 0.3 is 6.18 Å². The lowest BCUT2D eigenvalue weighted by atomic mass is 9.70. The largest absolute Gasteiger partial charge is 0.433 e. The maximum Gasteiger partial charge on any atom is 0.433 e. The molecule has 2 aliphatic heterocycles. The molecule has 0 bridgehead atoms. The number of amides is 1. The number of hydrogen-bond donors (Lipinski definition) is 3. The monoisotopic (exact) mass is 522 g/mol. The first-order valence-electron chi connectivity index (χ1n) is 11.7. The number of fused-ring (bicyclic) bond motifs is 1. The van der Waals surface area contributed by atoms with Gasteiger partial charge in [-0.2, -0.15) is 18.4 Å². The minimum absolute atomic E-state index is 0.117. The Bertz CT molecular complexity index is 1190. The smallest absolute Gasteiger partial charge is 0.340 e. The Morgan fingerprint density at radius 3 is 2.35 bits per heavy atom. The van der Waals surface area contributed by atoms with Crippen LogP contribution in [0.3, 0.4) is 0 Å². The molecular weight excluding hydrogens is 499 g/mol. The van der Waals surface area contributed by atoms with E-state index in [0.717, 1.165) is 37.5 Å². The van der Waals surface area contributed by atoms with Crippen molar-refractivity contribution in [1.29, 1.82) is 5.26 Å². The third kappa shape index (κ3) is 4.62. The number of carbonyl (C=O) groups is 1. The predicted octanol–water partition coefficient (Wildman–Crippen LogP) is 2.78. The molecule has 0 radical (unpaired) electrons. The maximum absolute atomic E-state index is 13.1. The van der Waals surface area contributed by atoms with Gasteiger partial charge in [-0.05, 0) is 31.4 Å². The minimum Gasteiger partial charge on any atom is -0.340 e. The van der Waals surface area contributed by atoms with E-state index in [2.05, 4.69) is 37.1 Å². The number of halogens is 5. The van der Waals surface area contributed by atoms with Crippen LogP contribution in [0.1, 0.15) is 60.8 Å². The van der Waals surface area contributed by atoms with Crippen molar-refractivity contribution < 1.29 is 26.7 Å². The average molecular weight is 522 g/mol. The van der Waals surface area contributed by atoms with Crippen molar-refractivity contribution in [3.05, 3.63) is 53.4 Å². The molecule has 3 aliphatic rings. The van der Waals surface area contributed by atoms with E-state index in [1.165, 1.54) is 6.07 Å². The Morgan fingerprint density at radius 1 is 1.11 bits per heavy atom. The van der Waals surface area contributed by atoms with Crippen molar-refractivity contribution in [3.63, 3.8) is 0 Å². The van der Waals surface area contributed by atoms with Crippen molar-refractivity contribution in [2.45, 2.75) is 62.7 Å². The van der Waals surface area contributed by atoms with E-state index in [0.29, 0.717) is 11.4 Å². The third-order valence-corrected chi connectivity index (χ3v) is 7.38. The van der Waals surface area contributed by atoms with Gasteiger partial charge in [0.1, 0.15) is 17.6 Å². The Morgan fingerprint density at radius 2 is 1.81 bits per heavy atom. The number of hydrazine groups is 1. The van der Waals surface area contributed by atoms with Gasteiger partial charge < -0.3 is 5.32 Å². The molecule has 196 valence electrons. The molecule has 4 heterocycles. The molecule has 3 fully saturated rings. The van der Waals surface area contributed by atoms with E-state index in [1.54, 1.807) is 11.9 Å². The zero-order valence-electron chi connectivity index (χ0n) is 19.5. The van der Waals surface area contributed by atoms with Gasteiger partial charge in [0.05, 0.1) is 29.9 Å². The van der Waals surface area contributed by atoms with Crippen molar-refractivity contribution >= 4 is 5.91 Å². The van der Waals surface area contributed by atoms with Gasteiger partial charge in [0.2, 0.25) is 5.91 Å². The summed E-state index contributed by atoms with van der Waals surface area (Å²) in [4.78, 5) is 24.8. The van der Waals surface area contributed by atoms with E-state index in [-0.39, 0.29) is 23.3 Å². The number of nitrogens with zero attached hydrogens (tertiary/aromatic N) is 5. The average Bonchev–Trinajstić information content (AvgIpc) is 3.22. The molecule has 14 heteroatoms. The zero-order chi connectivity index (χ0) is 26.5. The Balaban J connectivity index is 1.35. The number of aromatic nitrogens is 3. The first-order chi connectivity index (χ1) is 17.6. The molecule has 37 heavy (non-hydrogen) atoms. The molecule has 5 rings (SSSR count). The Kier molecular flexibility index (Phi) is 6.55. The van der Waals surface area contributed by atoms with Crippen LogP contribution in [0.4, 0.5) is 22.0 Å². The highest BCUT2D eigenvalue weighted by atomic mass is 19.4. The van der Waals surface area contributed by atoms with Gasteiger partial charge in [0.15, 0.2) is 0 Å². The second-order valence-electron chi connectivity index (χ2n) is 9.44. The SMILES string of the molecule is C[C@@H](c1ccc(C(F)(F)F)nc1)N1NC(C#N)C2C(=O)NC(C3CCC3c3ncc(C(F)F)cn3)NC21. The van der Waals surface area contributed by atoms with Crippen molar-refractivity contribution in [1.82, 2.24) is 36.0 Å². The van der Waals surface area contributed by atoms with Crippen molar-refractivity contribution in [2.24, 2.45) is 11.8 Å². The van der Waals surface area contributed by atoms with Crippen molar-refractivity contribution in [2.75, 3.05) is 0 Å². The predicted molar refractivity (Wildman–Crippen MR) is 117 cm³/mol. The zero-order valence-corrected chi connectivity index (χ0v) is 19.5. The van der Waals surface area contributed by atoms with Gasteiger partial charge in [0.25, 0.3) is 6.43 Å². The molecule has 6 unspecified atom stereocenters. The summed E-state index contributed by atoms with van der Waals surface area (Å²) in [6.45, 7) is 1.74. The second-order valence-corrected chi connectivity index (χ2v) is 9.44. The van der Waals surface area contributed by atoms with Gasteiger partial charge in [-0.15, -0.1) is 0 Å².